The Hall–Kier alpha value is 0.150. The molecule has 2 N–H and O–H groups in total. The van der Waals surface area contributed by atoms with E-state index in [1.165, 1.54) is 19.9 Å². The molecule has 0 aliphatic carbocycles. The zero-order valence-electron chi connectivity index (χ0n) is 10.4. The smallest absolute Gasteiger partial charge is 0.243 e. The molecule has 4 nitrogen and oxygen atoms in total. The second-order valence-corrected chi connectivity index (χ2v) is 8.91. The lowest BCUT2D eigenvalue weighted by Crippen LogP contribution is -2.57. The van der Waals surface area contributed by atoms with Gasteiger partial charge in [0.15, 0.2) is 0 Å². The number of sulfonamides is 1. The first-order valence-electron chi connectivity index (χ1n) is 5.08. The highest BCUT2D eigenvalue weighted by Gasteiger charge is 2.39. The van der Waals surface area contributed by atoms with Crippen molar-refractivity contribution in [1.29, 1.82) is 0 Å². The van der Waals surface area contributed by atoms with E-state index in [1.54, 1.807) is 13.8 Å². The topological polar surface area (TPSA) is 66.4 Å². The summed E-state index contributed by atoms with van der Waals surface area (Å²) in [6, 6.07) is 1.29. The van der Waals surface area contributed by atoms with Crippen LogP contribution in [0.4, 0.5) is 0 Å². The number of halogens is 2. The van der Waals surface area contributed by atoms with Crippen LogP contribution in [0, 0.1) is 0 Å². The summed E-state index contributed by atoms with van der Waals surface area (Å²) in [6.07, 6.45) is 0. The summed E-state index contributed by atoms with van der Waals surface area (Å²) in [5, 5.41) is 9.95. The highest BCUT2D eigenvalue weighted by molar-refractivity contribution is 7.89. The SMILES string of the molecule is CC(C)(O)C(C)(C)NS(=O)(=O)c1cc(Cl)sc1Cl. The van der Waals surface area contributed by atoms with Gasteiger partial charge in [0.05, 0.1) is 15.5 Å². The summed E-state index contributed by atoms with van der Waals surface area (Å²) in [5.41, 5.74) is -2.28. The quantitative estimate of drug-likeness (QED) is 0.891. The minimum atomic E-state index is -3.83. The number of nitrogens with one attached hydrogen (secondary N) is 1. The molecule has 0 unspecified atom stereocenters. The summed E-state index contributed by atoms with van der Waals surface area (Å²) in [4.78, 5) is -0.0727. The van der Waals surface area contributed by atoms with Gasteiger partial charge in [0.25, 0.3) is 0 Å². The van der Waals surface area contributed by atoms with Crippen molar-refractivity contribution in [3.63, 3.8) is 0 Å². The average molecular weight is 332 g/mol. The molecule has 0 atom stereocenters. The lowest BCUT2D eigenvalue weighted by Gasteiger charge is -2.37. The molecule has 8 heteroatoms. The number of hydrogen-bond acceptors (Lipinski definition) is 4. The van der Waals surface area contributed by atoms with Crippen LogP contribution in [0.25, 0.3) is 0 Å². The fourth-order valence-corrected chi connectivity index (χ4v) is 4.71. The first-order valence-corrected chi connectivity index (χ1v) is 8.13. The van der Waals surface area contributed by atoms with Gasteiger partial charge in [-0.1, -0.05) is 23.2 Å². The zero-order chi connectivity index (χ0) is 14.4. The van der Waals surface area contributed by atoms with Gasteiger partial charge in [-0.25, -0.2) is 13.1 Å². The average Bonchev–Trinajstić information content (AvgIpc) is 2.41. The van der Waals surface area contributed by atoms with Crippen LogP contribution in [0.2, 0.25) is 8.67 Å². The van der Waals surface area contributed by atoms with E-state index in [0.717, 1.165) is 11.3 Å². The van der Waals surface area contributed by atoms with E-state index in [2.05, 4.69) is 4.72 Å². The molecule has 0 bridgehead atoms. The maximum Gasteiger partial charge on any atom is 0.243 e. The molecule has 18 heavy (non-hydrogen) atoms. The van der Waals surface area contributed by atoms with Crippen LogP contribution in [0.15, 0.2) is 11.0 Å². The molecule has 0 aliphatic heterocycles. The number of rotatable bonds is 4. The molecule has 0 aliphatic rings. The van der Waals surface area contributed by atoms with E-state index in [-0.39, 0.29) is 9.23 Å². The van der Waals surface area contributed by atoms with Crippen molar-refractivity contribution in [2.24, 2.45) is 0 Å². The molecule has 1 rings (SSSR count). The van der Waals surface area contributed by atoms with E-state index >= 15 is 0 Å². The third-order valence-electron chi connectivity index (χ3n) is 2.83. The molecule has 0 saturated carbocycles. The third-order valence-corrected chi connectivity index (χ3v) is 6.24. The Balaban J connectivity index is 3.15. The van der Waals surface area contributed by atoms with E-state index in [4.69, 9.17) is 23.2 Å². The molecule has 1 aromatic rings. The van der Waals surface area contributed by atoms with Crippen molar-refractivity contribution < 1.29 is 13.5 Å². The highest BCUT2D eigenvalue weighted by Crippen LogP contribution is 2.35. The van der Waals surface area contributed by atoms with Crippen LogP contribution in [0.3, 0.4) is 0 Å². The van der Waals surface area contributed by atoms with Gasteiger partial charge in [0, 0.05) is 0 Å². The lowest BCUT2D eigenvalue weighted by molar-refractivity contribution is 0.00639. The van der Waals surface area contributed by atoms with E-state index in [1.807, 2.05) is 0 Å². The van der Waals surface area contributed by atoms with Crippen LogP contribution in [-0.2, 0) is 10.0 Å². The summed E-state index contributed by atoms with van der Waals surface area (Å²) in [6.45, 7) is 6.23. The molecular formula is C10H15Cl2NO3S2. The summed E-state index contributed by atoms with van der Waals surface area (Å²) < 4.78 is 27.2. The van der Waals surface area contributed by atoms with Gasteiger partial charge in [0.2, 0.25) is 10.0 Å². The standard InChI is InChI=1S/C10H15Cl2NO3S2/c1-9(2,10(3,4)14)13-18(15,16)6-5-7(11)17-8(6)12/h5,13-14H,1-4H3. The molecule has 0 radical (unpaired) electrons. The highest BCUT2D eigenvalue weighted by atomic mass is 35.5. The Labute approximate surface area is 121 Å². The molecule has 0 spiro atoms. The van der Waals surface area contributed by atoms with Crippen molar-refractivity contribution in [2.45, 2.75) is 43.7 Å². The van der Waals surface area contributed by atoms with Gasteiger partial charge in [-0.3, -0.25) is 0 Å². The van der Waals surface area contributed by atoms with Crippen LogP contribution >= 0.6 is 34.5 Å². The molecule has 1 aromatic heterocycles. The third kappa shape index (κ3) is 3.37. The van der Waals surface area contributed by atoms with Crippen molar-refractivity contribution in [3.8, 4) is 0 Å². The van der Waals surface area contributed by atoms with Crippen LogP contribution in [0.5, 0.6) is 0 Å². The number of thiophene rings is 1. The van der Waals surface area contributed by atoms with E-state index in [9.17, 15) is 13.5 Å². The van der Waals surface area contributed by atoms with Crippen LogP contribution < -0.4 is 4.72 Å². The monoisotopic (exact) mass is 331 g/mol. The second kappa shape index (κ2) is 4.92. The second-order valence-electron chi connectivity index (χ2n) is 4.98. The normalized spacial score (nSPS) is 13.9. The first kappa shape index (κ1) is 16.2. The van der Waals surface area contributed by atoms with Gasteiger partial charge in [0.1, 0.15) is 9.23 Å². The first-order chi connectivity index (χ1) is 7.87. The predicted octanol–water partition coefficient (Wildman–Crippen LogP) is 2.88. The molecule has 0 amide bonds. The van der Waals surface area contributed by atoms with Gasteiger partial charge < -0.3 is 5.11 Å². The van der Waals surface area contributed by atoms with Crippen LogP contribution in [-0.4, -0.2) is 24.7 Å². The lowest BCUT2D eigenvalue weighted by atomic mass is 9.87. The largest absolute Gasteiger partial charge is 0.389 e. The van der Waals surface area contributed by atoms with E-state index in [0.29, 0.717) is 4.34 Å². The summed E-state index contributed by atoms with van der Waals surface area (Å²) >= 11 is 12.5. The summed E-state index contributed by atoms with van der Waals surface area (Å²) in [5.74, 6) is 0. The molecular weight excluding hydrogens is 317 g/mol. The fraction of sp³-hybridized carbons (Fsp3) is 0.600. The molecule has 0 saturated heterocycles. The number of hydrogen-bond donors (Lipinski definition) is 2. The zero-order valence-corrected chi connectivity index (χ0v) is 13.6. The maximum atomic E-state index is 12.2. The Kier molecular flexibility index (Phi) is 4.43. The Morgan fingerprint density at radius 2 is 1.78 bits per heavy atom. The van der Waals surface area contributed by atoms with Crippen molar-refractivity contribution in [2.75, 3.05) is 0 Å². The number of aliphatic hydroxyl groups is 1. The van der Waals surface area contributed by atoms with E-state index < -0.39 is 21.2 Å². The Bertz CT molecular complexity index is 544. The molecule has 104 valence electrons. The predicted molar refractivity (Wildman–Crippen MR) is 75.0 cm³/mol. The Morgan fingerprint density at radius 3 is 2.11 bits per heavy atom. The van der Waals surface area contributed by atoms with Gasteiger partial charge in [-0.05, 0) is 33.8 Å². The molecule has 0 aromatic carbocycles. The van der Waals surface area contributed by atoms with Crippen molar-refractivity contribution in [1.82, 2.24) is 4.72 Å². The minimum absolute atomic E-state index is 0.0727. The van der Waals surface area contributed by atoms with Gasteiger partial charge in [-0.15, -0.1) is 11.3 Å². The Morgan fingerprint density at radius 1 is 1.28 bits per heavy atom. The van der Waals surface area contributed by atoms with Crippen molar-refractivity contribution >= 4 is 44.6 Å². The van der Waals surface area contributed by atoms with Crippen molar-refractivity contribution in [3.05, 3.63) is 14.7 Å². The molecule has 0 fully saturated rings. The fourth-order valence-electron chi connectivity index (χ4n) is 1.02. The molecule has 1 heterocycles. The summed E-state index contributed by atoms with van der Waals surface area (Å²) in [7, 11) is -3.83. The maximum absolute atomic E-state index is 12.2. The minimum Gasteiger partial charge on any atom is -0.389 e. The van der Waals surface area contributed by atoms with Crippen LogP contribution in [0.1, 0.15) is 27.7 Å². The van der Waals surface area contributed by atoms with Gasteiger partial charge in [-0.2, -0.15) is 0 Å². The van der Waals surface area contributed by atoms with Gasteiger partial charge >= 0.3 is 0 Å².